The van der Waals surface area contributed by atoms with Crippen LogP contribution in [-0.2, 0) is 6.42 Å². The Morgan fingerprint density at radius 2 is 2.04 bits per heavy atom. The molecule has 1 aromatic carbocycles. The van der Waals surface area contributed by atoms with Crippen molar-refractivity contribution >= 4 is 34.9 Å². The van der Waals surface area contributed by atoms with Crippen LogP contribution in [0.2, 0.25) is 10.0 Å². The molecule has 0 radical (unpaired) electrons. The number of rotatable bonds is 3. The van der Waals surface area contributed by atoms with Gasteiger partial charge in [-0.25, -0.2) is 9.97 Å². The van der Waals surface area contributed by atoms with Gasteiger partial charge in [-0.1, -0.05) is 30.1 Å². The van der Waals surface area contributed by atoms with Crippen molar-refractivity contribution in [3.63, 3.8) is 0 Å². The minimum Gasteiger partial charge on any atom is -0.364 e. The molecule has 0 bridgehead atoms. The molecule has 23 heavy (non-hydrogen) atoms. The zero-order chi connectivity index (χ0) is 16.7. The molecule has 2 N–H and O–H groups in total. The fourth-order valence-electron chi connectivity index (χ4n) is 2.66. The summed E-state index contributed by atoms with van der Waals surface area (Å²) in [5.74, 6) is -0.186. The monoisotopic (exact) mass is 348 g/mol. The highest BCUT2D eigenvalue weighted by molar-refractivity contribution is 6.36. The summed E-state index contributed by atoms with van der Waals surface area (Å²) in [6, 6.07) is 5.31. The Balaban J connectivity index is 2.42. The molecular weight excluding hydrogens is 335 g/mol. The van der Waals surface area contributed by atoms with Crippen molar-refractivity contribution in [3.05, 3.63) is 51.4 Å². The average Bonchev–Trinajstić information content (AvgIpc) is 2.90. The molecule has 0 aliphatic rings. The van der Waals surface area contributed by atoms with E-state index in [1.54, 1.807) is 22.7 Å². The van der Waals surface area contributed by atoms with Crippen LogP contribution in [0.25, 0.3) is 17.0 Å². The van der Waals surface area contributed by atoms with Gasteiger partial charge < -0.3 is 5.73 Å². The highest BCUT2D eigenvalue weighted by Gasteiger charge is 2.19. The first-order chi connectivity index (χ1) is 10.9. The predicted molar refractivity (Wildman–Crippen MR) is 91.1 cm³/mol. The maximum absolute atomic E-state index is 11.4. The zero-order valence-corrected chi connectivity index (χ0v) is 14.1. The number of benzene rings is 1. The number of halogens is 2. The van der Waals surface area contributed by atoms with Crippen molar-refractivity contribution in [2.24, 2.45) is 5.73 Å². The largest absolute Gasteiger partial charge is 0.364 e. The third-order valence-electron chi connectivity index (χ3n) is 3.71. The molecule has 1 amide bonds. The van der Waals surface area contributed by atoms with Crippen molar-refractivity contribution in [3.8, 4) is 11.3 Å². The summed E-state index contributed by atoms with van der Waals surface area (Å²) in [4.78, 5) is 20.1. The van der Waals surface area contributed by atoms with Crippen LogP contribution >= 0.6 is 23.2 Å². The van der Waals surface area contributed by atoms with Crippen molar-refractivity contribution in [1.29, 1.82) is 0 Å². The molecule has 0 atom stereocenters. The third kappa shape index (κ3) is 2.66. The second kappa shape index (κ2) is 5.83. The Morgan fingerprint density at radius 3 is 2.65 bits per heavy atom. The first-order valence-corrected chi connectivity index (χ1v) is 7.81. The van der Waals surface area contributed by atoms with Gasteiger partial charge >= 0.3 is 0 Å². The van der Waals surface area contributed by atoms with Crippen molar-refractivity contribution in [1.82, 2.24) is 14.4 Å². The molecule has 0 unspecified atom stereocenters. The third-order valence-corrected chi connectivity index (χ3v) is 4.26. The molecule has 0 spiro atoms. The van der Waals surface area contributed by atoms with Crippen LogP contribution in [0.15, 0.2) is 24.4 Å². The number of carbonyl (C=O) groups is 1. The van der Waals surface area contributed by atoms with Crippen LogP contribution < -0.4 is 5.73 Å². The first-order valence-electron chi connectivity index (χ1n) is 7.06. The number of primary amides is 1. The van der Waals surface area contributed by atoms with E-state index in [9.17, 15) is 4.79 Å². The Bertz CT molecular complexity index is 933. The lowest BCUT2D eigenvalue weighted by molar-refractivity contribution is 0.0996. The Hall–Kier alpha value is -2.11. The standard InChI is InChI=1S/C16H14Cl2N4O/c1-3-10-8(2)20-16-21-13(15(19)23)7-22(16)14(10)11-5-4-9(17)6-12(11)18/h4-7H,3H2,1-2H3,(H2,19,23). The number of amides is 1. The second-order valence-electron chi connectivity index (χ2n) is 5.16. The number of aromatic nitrogens is 3. The van der Waals surface area contributed by atoms with Crippen LogP contribution in [0.1, 0.15) is 28.7 Å². The highest BCUT2D eigenvalue weighted by Crippen LogP contribution is 2.34. The molecule has 3 aromatic rings. The minimum atomic E-state index is -0.598. The minimum absolute atomic E-state index is 0.163. The number of fused-ring (bicyclic) bond motifs is 1. The van der Waals surface area contributed by atoms with Gasteiger partial charge in [-0.3, -0.25) is 9.20 Å². The van der Waals surface area contributed by atoms with E-state index in [2.05, 4.69) is 9.97 Å². The Labute approximate surface area is 143 Å². The maximum Gasteiger partial charge on any atom is 0.268 e. The van der Waals surface area contributed by atoms with Crippen LogP contribution in [0.5, 0.6) is 0 Å². The van der Waals surface area contributed by atoms with E-state index in [0.29, 0.717) is 15.8 Å². The van der Waals surface area contributed by atoms with Gasteiger partial charge in [0.2, 0.25) is 5.78 Å². The second-order valence-corrected chi connectivity index (χ2v) is 6.01. The molecule has 2 aromatic heterocycles. The van der Waals surface area contributed by atoms with E-state index >= 15 is 0 Å². The van der Waals surface area contributed by atoms with Gasteiger partial charge in [0.15, 0.2) is 0 Å². The first kappa shape index (κ1) is 15.8. The fraction of sp³-hybridized carbons (Fsp3) is 0.188. The van der Waals surface area contributed by atoms with E-state index in [0.717, 1.165) is 28.9 Å². The summed E-state index contributed by atoms with van der Waals surface area (Å²) in [7, 11) is 0. The van der Waals surface area contributed by atoms with Gasteiger partial charge in [-0.05, 0) is 37.1 Å². The van der Waals surface area contributed by atoms with Crippen LogP contribution in [-0.4, -0.2) is 20.3 Å². The maximum atomic E-state index is 11.4. The summed E-state index contributed by atoms with van der Waals surface area (Å²) in [6.07, 6.45) is 2.34. The van der Waals surface area contributed by atoms with Crippen molar-refractivity contribution in [2.75, 3.05) is 0 Å². The van der Waals surface area contributed by atoms with E-state index in [-0.39, 0.29) is 5.69 Å². The number of nitrogens with two attached hydrogens (primary N) is 1. The molecule has 7 heteroatoms. The number of aryl methyl sites for hydroxylation is 1. The molecule has 0 aliphatic carbocycles. The summed E-state index contributed by atoms with van der Waals surface area (Å²) in [5, 5.41) is 1.08. The average molecular weight is 349 g/mol. The number of carbonyl (C=O) groups excluding carboxylic acids is 1. The lowest BCUT2D eigenvalue weighted by atomic mass is 10.0. The van der Waals surface area contributed by atoms with Crippen molar-refractivity contribution in [2.45, 2.75) is 20.3 Å². The number of nitrogens with zero attached hydrogens (tertiary/aromatic N) is 3. The molecule has 0 fully saturated rings. The number of hydrogen-bond acceptors (Lipinski definition) is 3. The highest BCUT2D eigenvalue weighted by atomic mass is 35.5. The lowest BCUT2D eigenvalue weighted by Gasteiger charge is -2.14. The van der Waals surface area contributed by atoms with E-state index < -0.39 is 5.91 Å². The van der Waals surface area contributed by atoms with E-state index in [4.69, 9.17) is 28.9 Å². The smallest absolute Gasteiger partial charge is 0.268 e. The van der Waals surface area contributed by atoms with Gasteiger partial charge in [0, 0.05) is 22.5 Å². The molecule has 2 heterocycles. The number of imidazole rings is 1. The van der Waals surface area contributed by atoms with E-state index in [1.165, 1.54) is 0 Å². The normalized spacial score (nSPS) is 11.1. The molecule has 5 nitrogen and oxygen atoms in total. The SMILES string of the molecule is CCc1c(C)nc2nc(C(N)=O)cn2c1-c1ccc(Cl)cc1Cl. The topological polar surface area (TPSA) is 73.3 Å². The van der Waals surface area contributed by atoms with Gasteiger partial charge in [-0.15, -0.1) is 0 Å². The lowest BCUT2D eigenvalue weighted by Crippen LogP contribution is -2.10. The van der Waals surface area contributed by atoms with Gasteiger partial charge in [0.25, 0.3) is 5.91 Å². The molecule has 0 aliphatic heterocycles. The molecule has 0 saturated carbocycles. The van der Waals surface area contributed by atoms with E-state index in [1.807, 2.05) is 19.9 Å². The van der Waals surface area contributed by atoms with Crippen LogP contribution in [0.3, 0.4) is 0 Å². The number of hydrogen-bond donors (Lipinski definition) is 1. The predicted octanol–water partition coefficient (Wildman–Crippen LogP) is 3.67. The van der Waals surface area contributed by atoms with Gasteiger partial charge in [0.05, 0.1) is 10.7 Å². The van der Waals surface area contributed by atoms with Crippen LogP contribution in [0.4, 0.5) is 0 Å². The molecule has 3 rings (SSSR count). The summed E-state index contributed by atoms with van der Waals surface area (Å²) >= 11 is 12.4. The van der Waals surface area contributed by atoms with Gasteiger partial charge in [-0.2, -0.15) is 0 Å². The van der Waals surface area contributed by atoms with Crippen molar-refractivity contribution < 1.29 is 4.79 Å². The summed E-state index contributed by atoms with van der Waals surface area (Å²) in [5.41, 5.74) is 9.01. The molecular formula is C16H14Cl2N4O. The Morgan fingerprint density at radius 1 is 1.30 bits per heavy atom. The zero-order valence-electron chi connectivity index (χ0n) is 12.6. The quantitative estimate of drug-likeness (QED) is 0.784. The molecule has 0 saturated heterocycles. The van der Waals surface area contributed by atoms with Gasteiger partial charge in [0.1, 0.15) is 5.69 Å². The Kier molecular flexibility index (Phi) is 4.00. The van der Waals surface area contributed by atoms with Crippen LogP contribution in [0, 0.1) is 6.92 Å². The summed E-state index contributed by atoms with van der Waals surface area (Å²) in [6.45, 7) is 3.94. The molecule has 118 valence electrons. The fourth-order valence-corrected chi connectivity index (χ4v) is 3.16. The summed E-state index contributed by atoms with van der Waals surface area (Å²) < 4.78 is 1.75.